The quantitative estimate of drug-likeness (QED) is 0.0890. The molecule has 11 heteroatoms. The number of anilines is 1. The molecule has 4 aromatic carbocycles. The zero-order valence-corrected chi connectivity index (χ0v) is 27.3. The van der Waals surface area contributed by atoms with Gasteiger partial charge in [-0.05, 0) is 72.9 Å². The van der Waals surface area contributed by atoms with E-state index in [1.807, 2.05) is 0 Å². The van der Waals surface area contributed by atoms with Crippen molar-refractivity contribution in [2.75, 3.05) is 25.1 Å². The van der Waals surface area contributed by atoms with E-state index in [9.17, 15) is 32.3 Å². The van der Waals surface area contributed by atoms with E-state index in [4.69, 9.17) is 14.2 Å². The Labute approximate surface area is 282 Å². The van der Waals surface area contributed by atoms with Crippen LogP contribution in [0.15, 0.2) is 97.1 Å². The first-order valence-electron chi connectivity index (χ1n) is 15.6. The number of rotatable bonds is 13. The molecule has 0 saturated carbocycles. The summed E-state index contributed by atoms with van der Waals surface area (Å²) >= 11 is 0. The van der Waals surface area contributed by atoms with Crippen LogP contribution in [0.1, 0.15) is 52.9 Å². The van der Waals surface area contributed by atoms with Gasteiger partial charge in [-0.3, -0.25) is 19.2 Å². The molecule has 0 aliphatic heterocycles. The molecule has 1 N–H and O–H groups in total. The molecule has 0 spiro atoms. The van der Waals surface area contributed by atoms with Crippen molar-refractivity contribution in [2.45, 2.75) is 45.2 Å². The van der Waals surface area contributed by atoms with Crippen LogP contribution in [0, 0.1) is 6.92 Å². The molecule has 0 heterocycles. The molecule has 0 fully saturated rings. The zero-order chi connectivity index (χ0) is 35.6. The standard InChI is InChI=1S/C38H36F3NO7/c1-4-47-35(45)37(36(46)48-5-2,28-11-7-6-8-12-28)21-22-49-33(43)24-26-16-15-25(3)32(23-26)42-34(44)31-14-10-9-13-30(31)27-17-19-29(20-18-27)38(39,40)41/h6-20,23H,4-5,21-22,24H2,1-3H3,(H,42,44). The summed E-state index contributed by atoms with van der Waals surface area (Å²) in [7, 11) is 0. The molecule has 0 bridgehead atoms. The fraction of sp³-hybridized carbons (Fsp3) is 0.263. The van der Waals surface area contributed by atoms with Crippen molar-refractivity contribution in [3.05, 3.63) is 125 Å². The normalized spacial score (nSPS) is 11.4. The molecule has 0 unspecified atom stereocenters. The van der Waals surface area contributed by atoms with Crippen LogP contribution in [-0.4, -0.2) is 43.6 Å². The molecule has 1 amide bonds. The van der Waals surface area contributed by atoms with Crippen LogP contribution >= 0.6 is 0 Å². The minimum atomic E-state index is -4.48. The van der Waals surface area contributed by atoms with E-state index in [2.05, 4.69) is 5.32 Å². The van der Waals surface area contributed by atoms with Gasteiger partial charge in [-0.1, -0.05) is 72.8 Å². The summed E-state index contributed by atoms with van der Waals surface area (Å²) in [5.74, 6) is -2.75. The first kappa shape index (κ1) is 36.4. The second kappa shape index (κ2) is 16.1. The van der Waals surface area contributed by atoms with Gasteiger partial charge in [0.2, 0.25) is 0 Å². The molecule has 4 aromatic rings. The number of amides is 1. The smallest absolute Gasteiger partial charge is 0.416 e. The summed E-state index contributed by atoms with van der Waals surface area (Å²) < 4.78 is 55.2. The first-order valence-corrected chi connectivity index (χ1v) is 15.6. The highest BCUT2D eigenvalue weighted by molar-refractivity contribution is 6.09. The Kier molecular flexibility index (Phi) is 12.0. The lowest BCUT2D eigenvalue weighted by Crippen LogP contribution is -2.47. The predicted molar refractivity (Wildman–Crippen MR) is 177 cm³/mol. The third-order valence-corrected chi connectivity index (χ3v) is 7.85. The number of nitrogens with one attached hydrogen (secondary N) is 1. The number of halogens is 3. The Balaban J connectivity index is 1.47. The molecule has 0 aromatic heterocycles. The van der Waals surface area contributed by atoms with Crippen molar-refractivity contribution >= 4 is 29.5 Å². The number of carbonyl (C=O) groups excluding carboxylic acids is 4. The van der Waals surface area contributed by atoms with E-state index in [1.165, 1.54) is 12.1 Å². The van der Waals surface area contributed by atoms with E-state index >= 15 is 0 Å². The largest absolute Gasteiger partial charge is 0.465 e. The SMILES string of the molecule is CCOC(=O)C(CCOC(=O)Cc1ccc(C)c(NC(=O)c2ccccc2-c2ccc(C(F)(F)F)cc2)c1)(C(=O)OCC)c1ccccc1. The van der Waals surface area contributed by atoms with Gasteiger partial charge in [-0.25, -0.2) is 0 Å². The number of hydrogen-bond acceptors (Lipinski definition) is 7. The fourth-order valence-electron chi connectivity index (χ4n) is 5.31. The van der Waals surface area contributed by atoms with Gasteiger partial charge in [0.05, 0.1) is 31.8 Å². The van der Waals surface area contributed by atoms with Gasteiger partial charge in [0.1, 0.15) is 0 Å². The monoisotopic (exact) mass is 675 g/mol. The molecule has 4 rings (SSSR count). The van der Waals surface area contributed by atoms with Gasteiger partial charge in [0.15, 0.2) is 5.41 Å². The molecule has 0 aliphatic rings. The predicted octanol–water partition coefficient (Wildman–Crippen LogP) is 7.47. The lowest BCUT2D eigenvalue weighted by Gasteiger charge is -2.29. The molecule has 256 valence electrons. The van der Waals surface area contributed by atoms with Gasteiger partial charge in [0, 0.05) is 17.7 Å². The van der Waals surface area contributed by atoms with Gasteiger partial charge in [-0.2, -0.15) is 13.2 Å². The Morgan fingerprint density at radius 3 is 1.94 bits per heavy atom. The van der Waals surface area contributed by atoms with Gasteiger partial charge < -0.3 is 19.5 Å². The molecular weight excluding hydrogens is 639 g/mol. The highest BCUT2D eigenvalue weighted by Gasteiger charge is 2.50. The number of carbonyl (C=O) groups is 4. The summed E-state index contributed by atoms with van der Waals surface area (Å²) in [5, 5.41) is 2.84. The van der Waals surface area contributed by atoms with E-state index in [1.54, 1.807) is 93.6 Å². The van der Waals surface area contributed by atoms with E-state index in [-0.39, 0.29) is 38.2 Å². The van der Waals surface area contributed by atoms with Crippen molar-refractivity contribution < 1.29 is 46.6 Å². The average molecular weight is 676 g/mol. The van der Waals surface area contributed by atoms with Gasteiger partial charge in [0.25, 0.3) is 5.91 Å². The van der Waals surface area contributed by atoms with Crippen LogP contribution in [-0.2, 0) is 46.6 Å². The number of esters is 3. The van der Waals surface area contributed by atoms with Crippen molar-refractivity contribution in [2.24, 2.45) is 0 Å². The lowest BCUT2D eigenvalue weighted by molar-refractivity contribution is -0.167. The second-order valence-corrected chi connectivity index (χ2v) is 11.1. The van der Waals surface area contributed by atoms with Gasteiger partial charge >= 0.3 is 24.1 Å². The summed E-state index contributed by atoms with van der Waals surface area (Å²) in [6, 6.07) is 24.5. The molecule has 0 saturated heterocycles. The van der Waals surface area contributed by atoms with Crippen LogP contribution < -0.4 is 5.32 Å². The fourth-order valence-corrected chi connectivity index (χ4v) is 5.31. The van der Waals surface area contributed by atoms with Crippen LogP contribution in [0.25, 0.3) is 11.1 Å². The van der Waals surface area contributed by atoms with E-state index in [0.29, 0.717) is 33.5 Å². The van der Waals surface area contributed by atoms with Crippen LogP contribution in [0.5, 0.6) is 0 Å². The number of alkyl halides is 3. The molecular formula is C38H36F3NO7. The topological polar surface area (TPSA) is 108 Å². The molecule has 0 radical (unpaired) electrons. The summed E-state index contributed by atoms with van der Waals surface area (Å²) in [6.45, 7) is 4.78. The maximum absolute atomic E-state index is 13.4. The van der Waals surface area contributed by atoms with Crippen molar-refractivity contribution in [1.29, 1.82) is 0 Å². The van der Waals surface area contributed by atoms with Crippen LogP contribution in [0.4, 0.5) is 18.9 Å². The van der Waals surface area contributed by atoms with E-state index in [0.717, 1.165) is 12.1 Å². The van der Waals surface area contributed by atoms with Gasteiger partial charge in [-0.15, -0.1) is 0 Å². The minimum absolute atomic E-state index is 0.0273. The average Bonchev–Trinajstić information content (AvgIpc) is 3.08. The van der Waals surface area contributed by atoms with Crippen molar-refractivity contribution in [1.82, 2.24) is 0 Å². The lowest BCUT2D eigenvalue weighted by atomic mass is 9.77. The Morgan fingerprint density at radius 2 is 1.33 bits per heavy atom. The molecule has 8 nitrogen and oxygen atoms in total. The Bertz CT molecular complexity index is 1770. The number of ether oxygens (including phenoxy) is 3. The number of hydrogen-bond donors (Lipinski definition) is 1. The summed E-state index contributed by atoms with van der Waals surface area (Å²) in [4.78, 5) is 52.8. The first-order chi connectivity index (χ1) is 23.4. The highest BCUT2D eigenvalue weighted by Crippen LogP contribution is 2.34. The molecule has 49 heavy (non-hydrogen) atoms. The minimum Gasteiger partial charge on any atom is -0.465 e. The summed E-state index contributed by atoms with van der Waals surface area (Å²) in [6.07, 6.45) is -4.88. The van der Waals surface area contributed by atoms with Crippen molar-refractivity contribution in [3.63, 3.8) is 0 Å². The van der Waals surface area contributed by atoms with Crippen LogP contribution in [0.2, 0.25) is 0 Å². The van der Waals surface area contributed by atoms with Crippen molar-refractivity contribution in [3.8, 4) is 11.1 Å². The molecule has 0 aliphatic carbocycles. The Morgan fingerprint density at radius 1 is 0.714 bits per heavy atom. The third-order valence-electron chi connectivity index (χ3n) is 7.85. The number of benzene rings is 4. The Hall–Kier alpha value is -5.45. The van der Waals surface area contributed by atoms with E-state index < -0.39 is 41.0 Å². The maximum atomic E-state index is 13.4. The second-order valence-electron chi connectivity index (χ2n) is 11.1. The van der Waals surface area contributed by atoms with Crippen LogP contribution in [0.3, 0.4) is 0 Å². The zero-order valence-electron chi connectivity index (χ0n) is 27.3. The number of aryl methyl sites for hydroxylation is 1. The highest BCUT2D eigenvalue weighted by atomic mass is 19.4. The maximum Gasteiger partial charge on any atom is 0.416 e. The summed E-state index contributed by atoms with van der Waals surface area (Å²) in [5.41, 5.74) is 0.491. The third kappa shape index (κ3) is 8.72. The molecule has 0 atom stereocenters.